The number of nitrogens with zero attached hydrogens (tertiary/aromatic N) is 4. The van der Waals surface area contributed by atoms with Gasteiger partial charge in [0, 0.05) is 50.9 Å². The van der Waals surface area contributed by atoms with Crippen molar-refractivity contribution < 1.29 is 19.3 Å². The molecule has 142 valence electrons. The number of nitro benzene ring substituents is 1. The first kappa shape index (κ1) is 17.4. The lowest BCUT2D eigenvalue weighted by Crippen LogP contribution is -2.74. The van der Waals surface area contributed by atoms with Gasteiger partial charge in [-0.1, -0.05) is 0 Å². The van der Waals surface area contributed by atoms with Gasteiger partial charge in [-0.15, -0.1) is 0 Å². The number of carbonyl (C=O) groups excluding carboxylic acids is 3. The molecule has 10 nitrogen and oxygen atoms in total. The van der Waals surface area contributed by atoms with Gasteiger partial charge in [-0.25, -0.2) is 4.79 Å². The first-order valence-corrected chi connectivity index (χ1v) is 8.62. The van der Waals surface area contributed by atoms with Crippen LogP contribution in [0.2, 0.25) is 0 Å². The lowest BCUT2D eigenvalue weighted by atomic mass is 9.67. The fourth-order valence-corrected chi connectivity index (χ4v) is 4.39. The van der Waals surface area contributed by atoms with Gasteiger partial charge in [-0.05, 0) is 18.7 Å². The molecule has 27 heavy (non-hydrogen) atoms. The number of benzene rings is 1. The molecule has 0 aliphatic carbocycles. The zero-order valence-electron chi connectivity index (χ0n) is 15.0. The van der Waals surface area contributed by atoms with Gasteiger partial charge in [-0.2, -0.15) is 0 Å². The molecule has 0 unspecified atom stereocenters. The lowest BCUT2D eigenvalue weighted by molar-refractivity contribution is -0.384. The van der Waals surface area contributed by atoms with Crippen LogP contribution in [0.5, 0.6) is 0 Å². The highest BCUT2D eigenvalue weighted by molar-refractivity contribution is 6.20. The molecule has 4 amide bonds. The highest BCUT2D eigenvalue weighted by Crippen LogP contribution is 2.46. The van der Waals surface area contributed by atoms with Gasteiger partial charge >= 0.3 is 6.03 Å². The number of rotatable bonds is 1. The third kappa shape index (κ3) is 2.33. The summed E-state index contributed by atoms with van der Waals surface area (Å²) in [5, 5.41) is 13.5. The molecule has 3 aliphatic rings. The van der Waals surface area contributed by atoms with Gasteiger partial charge in [0.05, 0.1) is 11.0 Å². The number of nitro groups is 1. The van der Waals surface area contributed by atoms with Crippen molar-refractivity contribution in [1.82, 2.24) is 15.1 Å². The van der Waals surface area contributed by atoms with Crippen molar-refractivity contribution in [2.24, 2.45) is 5.41 Å². The molecular formula is C17H19N5O5. The standard InChI is InChI=1S/C17H19N5O5/c1-19-5-6-21-12-4-3-11(22(26)27)7-10(12)8-17(13(21)9-19)14(23)18-16(25)20(2)15(17)24/h3-4,7,13H,5-6,8-9H2,1-2H3,(H,18,23,25)/t13-,17+/m1/s1. The molecule has 2 atom stereocenters. The number of hydrogen-bond acceptors (Lipinski definition) is 7. The number of nitrogens with one attached hydrogen (secondary N) is 1. The minimum absolute atomic E-state index is 0.0152. The molecule has 2 fully saturated rings. The normalized spacial score (nSPS) is 28.1. The van der Waals surface area contributed by atoms with E-state index < -0.39 is 34.2 Å². The van der Waals surface area contributed by atoms with Gasteiger partial charge in [0.25, 0.3) is 5.69 Å². The van der Waals surface area contributed by atoms with Crippen molar-refractivity contribution >= 4 is 29.2 Å². The number of imide groups is 2. The summed E-state index contributed by atoms with van der Waals surface area (Å²) in [4.78, 5) is 53.7. The second-order valence-corrected chi connectivity index (χ2v) is 7.31. The molecule has 1 spiro atoms. The third-order valence-corrected chi connectivity index (χ3v) is 5.82. The van der Waals surface area contributed by atoms with E-state index in [2.05, 4.69) is 5.32 Å². The minimum atomic E-state index is -1.50. The van der Waals surface area contributed by atoms with Crippen LogP contribution >= 0.6 is 0 Å². The molecule has 2 saturated heterocycles. The topological polar surface area (TPSA) is 116 Å². The van der Waals surface area contributed by atoms with Crippen molar-refractivity contribution in [3.8, 4) is 0 Å². The molecule has 0 bridgehead atoms. The van der Waals surface area contributed by atoms with E-state index in [1.54, 1.807) is 6.07 Å². The zero-order chi connectivity index (χ0) is 19.5. The molecule has 0 aromatic heterocycles. The van der Waals surface area contributed by atoms with Crippen LogP contribution < -0.4 is 10.2 Å². The van der Waals surface area contributed by atoms with Crippen molar-refractivity contribution in [2.75, 3.05) is 38.6 Å². The van der Waals surface area contributed by atoms with Crippen LogP contribution in [-0.4, -0.2) is 72.3 Å². The zero-order valence-corrected chi connectivity index (χ0v) is 15.0. The van der Waals surface area contributed by atoms with Crippen molar-refractivity contribution in [3.63, 3.8) is 0 Å². The predicted molar refractivity (Wildman–Crippen MR) is 94.2 cm³/mol. The Morgan fingerprint density at radius 1 is 1.22 bits per heavy atom. The van der Waals surface area contributed by atoms with Gasteiger partial charge < -0.3 is 9.80 Å². The molecule has 10 heteroatoms. The van der Waals surface area contributed by atoms with E-state index in [1.807, 2.05) is 16.8 Å². The molecule has 0 radical (unpaired) electrons. The van der Waals surface area contributed by atoms with Crippen molar-refractivity contribution in [1.29, 1.82) is 0 Å². The average Bonchev–Trinajstić information content (AvgIpc) is 2.64. The summed E-state index contributed by atoms with van der Waals surface area (Å²) in [6.45, 7) is 1.77. The summed E-state index contributed by atoms with van der Waals surface area (Å²) >= 11 is 0. The van der Waals surface area contributed by atoms with Crippen LogP contribution in [0.4, 0.5) is 16.2 Å². The summed E-state index contributed by atoms with van der Waals surface area (Å²) in [5.41, 5.74) is -0.232. The Kier molecular flexibility index (Phi) is 3.70. The third-order valence-electron chi connectivity index (χ3n) is 5.82. The number of likely N-dealkylation sites (N-methyl/N-ethyl adjacent to an activating group) is 1. The maximum atomic E-state index is 13.2. The van der Waals surface area contributed by atoms with Crippen LogP contribution in [0.25, 0.3) is 0 Å². The van der Waals surface area contributed by atoms with E-state index in [0.29, 0.717) is 18.7 Å². The number of anilines is 1. The Balaban J connectivity index is 1.90. The second kappa shape index (κ2) is 5.74. The van der Waals surface area contributed by atoms with Crippen LogP contribution in [0.1, 0.15) is 5.56 Å². The quantitative estimate of drug-likeness (QED) is 0.417. The van der Waals surface area contributed by atoms with E-state index in [0.717, 1.165) is 17.1 Å². The molecule has 1 N–H and O–H groups in total. The van der Waals surface area contributed by atoms with Crippen molar-refractivity contribution in [3.05, 3.63) is 33.9 Å². The van der Waals surface area contributed by atoms with Gasteiger partial charge in [-0.3, -0.25) is 29.9 Å². The summed E-state index contributed by atoms with van der Waals surface area (Å²) < 4.78 is 0. The Hall–Kier alpha value is -3.01. The highest BCUT2D eigenvalue weighted by Gasteiger charge is 2.62. The SMILES string of the molecule is CN1CCN2c3ccc([N+](=O)[O-])cc3C[C@@]3(C(=O)NC(=O)N(C)C3=O)[C@H]2C1. The number of barbiturate groups is 1. The van der Waals surface area contributed by atoms with E-state index in [1.165, 1.54) is 19.2 Å². The van der Waals surface area contributed by atoms with E-state index in [-0.39, 0.29) is 12.1 Å². The fourth-order valence-electron chi connectivity index (χ4n) is 4.39. The largest absolute Gasteiger partial charge is 0.364 e. The fraction of sp³-hybridized carbons (Fsp3) is 0.471. The highest BCUT2D eigenvalue weighted by atomic mass is 16.6. The Labute approximate surface area is 154 Å². The van der Waals surface area contributed by atoms with Crippen LogP contribution in [0.15, 0.2) is 18.2 Å². The summed E-state index contributed by atoms with van der Waals surface area (Å²) in [6.07, 6.45) is 0.0152. The first-order chi connectivity index (χ1) is 12.8. The number of fused-ring (bicyclic) bond motifs is 4. The molecule has 1 aromatic carbocycles. The number of piperazine rings is 1. The smallest absolute Gasteiger partial charge is 0.330 e. The van der Waals surface area contributed by atoms with Gasteiger partial charge in [0.1, 0.15) is 0 Å². The number of urea groups is 1. The first-order valence-electron chi connectivity index (χ1n) is 8.62. The van der Waals surface area contributed by atoms with Gasteiger partial charge in [0.15, 0.2) is 5.41 Å². The second-order valence-electron chi connectivity index (χ2n) is 7.31. The molecule has 3 heterocycles. The number of hydrogen-bond donors (Lipinski definition) is 1. The van der Waals surface area contributed by atoms with Crippen LogP contribution in [0.3, 0.4) is 0 Å². The number of carbonyl (C=O) groups is 3. The monoisotopic (exact) mass is 373 g/mol. The summed E-state index contributed by atoms with van der Waals surface area (Å²) in [6, 6.07) is 3.32. The van der Waals surface area contributed by atoms with E-state index >= 15 is 0 Å². The Morgan fingerprint density at radius 3 is 2.67 bits per heavy atom. The maximum absolute atomic E-state index is 13.2. The molecule has 3 aliphatic heterocycles. The summed E-state index contributed by atoms with van der Waals surface area (Å²) in [5.74, 6) is -1.21. The Bertz CT molecular complexity index is 886. The molecular weight excluding hydrogens is 354 g/mol. The molecule has 1 aromatic rings. The lowest BCUT2D eigenvalue weighted by Gasteiger charge is -2.54. The molecule has 0 saturated carbocycles. The predicted octanol–water partition coefficient (Wildman–Crippen LogP) is -0.0341. The molecule has 4 rings (SSSR count). The number of amides is 4. The number of non-ortho nitro benzene ring substituents is 1. The summed E-state index contributed by atoms with van der Waals surface area (Å²) in [7, 11) is 3.25. The van der Waals surface area contributed by atoms with Crippen LogP contribution in [-0.2, 0) is 16.0 Å². The van der Waals surface area contributed by atoms with E-state index in [4.69, 9.17) is 0 Å². The van der Waals surface area contributed by atoms with Gasteiger partial charge in [0.2, 0.25) is 11.8 Å². The van der Waals surface area contributed by atoms with E-state index in [9.17, 15) is 24.5 Å². The Morgan fingerprint density at radius 2 is 1.96 bits per heavy atom. The minimum Gasteiger partial charge on any atom is -0.364 e. The maximum Gasteiger partial charge on any atom is 0.330 e. The van der Waals surface area contributed by atoms with Crippen molar-refractivity contribution in [2.45, 2.75) is 12.5 Å². The average molecular weight is 373 g/mol. The van der Waals surface area contributed by atoms with Crippen LogP contribution in [0, 0.1) is 15.5 Å².